The highest BCUT2D eigenvalue weighted by Crippen LogP contribution is 2.23. The van der Waals surface area contributed by atoms with Crippen molar-refractivity contribution in [2.24, 2.45) is 10.8 Å². The number of unbranched alkanes of at least 4 members (excludes halogenated alkanes) is 8. The number of ether oxygens (including phenoxy) is 1. The SMILES string of the molecule is CC(C)(C)CCCCCCCC(=O)OC(=O)CCCCCCCC(C)(C)C. The molecule has 0 atom stereocenters. The number of hydrogen-bond acceptors (Lipinski definition) is 3. The Bertz CT molecular complexity index is 361. The van der Waals surface area contributed by atoms with Crippen molar-refractivity contribution >= 4 is 11.9 Å². The molecule has 0 saturated carbocycles. The lowest BCUT2D eigenvalue weighted by atomic mass is 9.89. The first kappa shape index (κ1) is 26.1. The Morgan fingerprint density at radius 3 is 1.15 bits per heavy atom. The van der Waals surface area contributed by atoms with Crippen LogP contribution in [-0.2, 0) is 14.3 Å². The molecular weight excluding hydrogens is 336 g/mol. The van der Waals surface area contributed by atoms with Gasteiger partial charge in [-0.3, -0.25) is 9.59 Å². The summed E-state index contributed by atoms with van der Waals surface area (Å²) in [5.74, 6) is -0.695. The first-order valence-corrected chi connectivity index (χ1v) is 11.2. The lowest BCUT2D eigenvalue weighted by molar-refractivity contribution is -0.159. The van der Waals surface area contributed by atoms with E-state index in [1.54, 1.807) is 0 Å². The predicted molar refractivity (Wildman–Crippen MR) is 115 cm³/mol. The largest absolute Gasteiger partial charge is 0.393 e. The normalized spacial score (nSPS) is 12.2. The highest BCUT2D eigenvalue weighted by molar-refractivity contribution is 5.85. The molecule has 0 bridgehead atoms. The Hall–Kier alpha value is -0.860. The molecule has 160 valence electrons. The smallest absolute Gasteiger partial charge is 0.313 e. The van der Waals surface area contributed by atoms with Crippen molar-refractivity contribution < 1.29 is 14.3 Å². The zero-order valence-corrected chi connectivity index (χ0v) is 19.1. The van der Waals surface area contributed by atoms with E-state index in [1.807, 2.05) is 0 Å². The van der Waals surface area contributed by atoms with Crippen LogP contribution in [0, 0.1) is 10.8 Å². The van der Waals surface area contributed by atoms with E-state index in [2.05, 4.69) is 41.5 Å². The van der Waals surface area contributed by atoms with Crippen LogP contribution in [0.1, 0.15) is 131 Å². The van der Waals surface area contributed by atoms with Gasteiger partial charge >= 0.3 is 11.9 Å². The fourth-order valence-corrected chi connectivity index (χ4v) is 3.14. The summed E-state index contributed by atoms with van der Waals surface area (Å²) in [5.41, 5.74) is 0.827. The Balaban J connectivity index is 3.48. The van der Waals surface area contributed by atoms with E-state index >= 15 is 0 Å². The fourth-order valence-electron chi connectivity index (χ4n) is 3.14. The molecule has 0 aromatic rings. The number of rotatable bonds is 14. The van der Waals surface area contributed by atoms with Crippen molar-refractivity contribution in [3.63, 3.8) is 0 Å². The Kier molecular flexibility index (Phi) is 13.7. The van der Waals surface area contributed by atoms with E-state index in [0.717, 1.165) is 38.5 Å². The molecule has 0 unspecified atom stereocenters. The molecule has 0 amide bonds. The molecule has 0 spiro atoms. The second kappa shape index (κ2) is 14.2. The number of carbonyl (C=O) groups excluding carboxylic acids is 2. The highest BCUT2D eigenvalue weighted by atomic mass is 16.6. The Labute approximate surface area is 169 Å². The minimum Gasteiger partial charge on any atom is -0.393 e. The van der Waals surface area contributed by atoms with Crippen molar-refractivity contribution in [1.82, 2.24) is 0 Å². The zero-order chi connectivity index (χ0) is 20.8. The van der Waals surface area contributed by atoms with E-state index in [9.17, 15) is 9.59 Å². The van der Waals surface area contributed by atoms with Crippen molar-refractivity contribution in [3.05, 3.63) is 0 Å². The van der Waals surface area contributed by atoms with Crippen molar-refractivity contribution in [3.8, 4) is 0 Å². The van der Waals surface area contributed by atoms with Gasteiger partial charge in [0, 0.05) is 12.8 Å². The molecule has 0 fully saturated rings. The first-order valence-electron chi connectivity index (χ1n) is 11.2. The van der Waals surface area contributed by atoms with Crippen LogP contribution in [-0.4, -0.2) is 11.9 Å². The molecule has 0 N–H and O–H groups in total. The highest BCUT2D eigenvalue weighted by Gasteiger charge is 2.11. The summed E-state index contributed by atoms with van der Waals surface area (Å²) in [5, 5.41) is 0. The summed E-state index contributed by atoms with van der Waals surface area (Å²) in [4.78, 5) is 23.4. The minimum absolute atomic E-state index is 0.347. The summed E-state index contributed by atoms with van der Waals surface area (Å²) < 4.78 is 4.92. The number of carbonyl (C=O) groups is 2. The van der Waals surface area contributed by atoms with Gasteiger partial charge in [0.25, 0.3) is 0 Å². The fraction of sp³-hybridized carbons (Fsp3) is 0.917. The van der Waals surface area contributed by atoms with E-state index < -0.39 is 0 Å². The van der Waals surface area contributed by atoms with Crippen LogP contribution in [0.4, 0.5) is 0 Å². The molecule has 0 heterocycles. The maximum atomic E-state index is 11.7. The Morgan fingerprint density at radius 1 is 0.519 bits per heavy atom. The first-order chi connectivity index (χ1) is 12.5. The van der Waals surface area contributed by atoms with Gasteiger partial charge in [-0.2, -0.15) is 0 Å². The van der Waals surface area contributed by atoms with Crippen LogP contribution in [0.5, 0.6) is 0 Å². The van der Waals surface area contributed by atoms with Gasteiger partial charge in [-0.15, -0.1) is 0 Å². The number of esters is 2. The summed E-state index contributed by atoms with van der Waals surface area (Å²) in [6.45, 7) is 13.6. The average Bonchev–Trinajstić information content (AvgIpc) is 2.50. The van der Waals surface area contributed by atoms with E-state index in [4.69, 9.17) is 4.74 Å². The summed E-state index contributed by atoms with van der Waals surface area (Å²) in [6.07, 6.45) is 14.3. The molecular formula is C24H46O3. The standard InChI is InChI=1S/C24H46O3/c1-23(2,3)19-15-11-7-9-13-17-21(25)27-22(26)18-14-10-8-12-16-20-24(4,5)6/h7-20H2,1-6H3. The molecule has 0 aliphatic heterocycles. The van der Waals surface area contributed by atoms with Gasteiger partial charge in [-0.1, -0.05) is 92.9 Å². The maximum Gasteiger partial charge on any atom is 0.313 e. The van der Waals surface area contributed by atoms with Crippen LogP contribution in [0.25, 0.3) is 0 Å². The zero-order valence-electron chi connectivity index (χ0n) is 19.1. The van der Waals surface area contributed by atoms with Gasteiger partial charge in [0.2, 0.25) is 0 Å². The lowest BCUT2D eigenvalue weighted by Crippen LogP contribution is -2.11. The predicted octanol–water partition coefficient (Wildman–Crippen LogP) is 7.61. The van der Waals surface area contributed by atoms with E-state index in [0.29, 0.717) is 23.7 Å². The van der Waals surface area contributed by atoms with Gasteiger partial charge in [0.1, 0.15) is 0 Å². The van der Waals surface area contributed by atoms with Crippen molar-refractivity contribution in [2.75, 3.05) is 0 Å². The third kappa shape index (κ3) is 21.3. The lowest BCUT2D eigenvalue weighted by Gasteiger charge is -2.17. The summed E-state index contributed by atoms with van der Waals surface area (Å²) in [6, 6.07) is 0. The molecule has 0 aromatic carbocycles. The molecule has 0 aliphatic rings. The molecule has 0 aliphatic carbocycles. The van der Waals surface area contributed by atoms with Gasteiger partial charge in [0.05, 0.1) is 0 Å². The molecule has 0 aromatic heterocycles. The van der Waals surface area contributed by atoms with Gasteiger partial charge in [0.15, 0.2) is 0 Å². The van der Waals surface area contributed by atoms with E-state index in [1.165, 1.54) is 38.5 Å². The summed E-state index contributed by atoms with van der Waals surface area (Å²) >= 11 is 0. The van der Waals surface area contributed by atoms with Crippen LogP contribution in [0.3, 0.4) is 0 Å². The van der Waals surface area contributed by atoms with Crippen molar-refractivity contribution in [2.45, 2.75) is 131 Å². The quantitative estimate of drug-likeness (QED) is 0.176. The van der Waals surface area contributed by atoms with Crippen LogP contribution >= 0.6 is 0 Å². The van der Waals surface area contributed by atoms with Gasteiger partial charge in [-0.25, -0.2) is 0 Å². The van der Waals surface area contributed by atoms with Crippen LogP contribution in [0.15, 0.2) is 0 Å². The molecule has 0 rings (SSSR count). The topological polar surface area (TPSA) is 43.4 Å². The molecule has 0 saturated heterocycles. The third-order valence-electron chi connectivity index (χ3n) is 4.84. The molecule has 0 radical (unpaired) electrons. The number of hydrogen-bond donors (Lipinski definition) is 0. The summed E-state index contributed by atoms with van der Waals surface area (Å²) in [7, 11) is 0. The Morgan fingerprint density at radius 2 is 0.815 bits per heavy atom. The molecule has 27 heavy (non-hydrogen) atoms. The minimum atomic E-state index is -0.347. The maximum absolute atomic E-state index is 11.7. The molecule has 3 heteroatoms. The van der Waals surface area contributed by atoms with Crippen LogP contribution < -0.4 is 0 Å². The monoisotopic (exact) mass is 382 g/mol. The third-order valence-corrected chi connectivity index (χ3v) is 4.84. The van der Waals surface area contributed by atoms with Crippen LogP contribution in [0.2, 0.25) is 0 Å². The van der Waals surface area contributed by atoms with E-state index in [-0.39, 0.29) is 11.9 Å². The second-order valence-corrected chi connectivity index (χ2v) is 10.5. The second-order valence-electron chi connectivity index (χ2n) is 10.5. The van der Waals surface area contributed by atoms with Crippen molar-refractivity contribution in [1.29, 1.82) is 0 Å². The van der Waals surface area contributed by atoms with Gasteiger partial charge in [-0.05, 0) is 36.5 Å². The average molecular weight is 383 g/mol. The van der Waals surface area contributed by atoms with Gasteiger partial charge < -0.3 is 4.74 Å². The molecule has 3 nitrogen and oxygen atoms in total.